The molecule has 0 saturated carbocycles. The lowest BCUT2D eigenvalue weighted by Gasteiger charge is -2.32. The Kier molecular flexibility index (Phi) is 8.90. The summed E-state index contributed by atoms with van der Waals surface area (Å²) in [5, 5.41) is 20.9. The van der Waals surface area contributed by atoms with Crippen LogP contribution in [0.3, 0.4) is 0 Å². The average Bonchev–Trinajstić information content (AvgIpc) is 3.83. The first kappa shape index (κ1) is 34.9. The molecule has 19 heteroatoms. The number of H-pyrrole nitrogens is 1. The molecule has 2 aliphatic rings. The quantitative estimate of drug-likeness (QED) is 0.218. The molecule has 0 spiro atoms. The van der Waals surface area contributed by atoms with Crippen LogP contribution in [0.5, 0.6) is 0 Å². The summed E-state index contributed by atoms with van der Waals surface area (Å²) in [5.41, 5.74) is -0.426. The normalized spacial score (nSPS) is 16.6. The van der Waals surface area contributed by atoms with E-state index in [9.17, 15) is 32.8 Å². The lowest BCUT2D eigenvalue weighted by molar-refractivity contribution is -0.141. The number of alkyl halides is 3. The molecule has 6 heterocycles. The Labute approximate surface area is 296 Å². The zero-order chi connectivity index (χ0) is 36.9. The van der Waals surface area contributed by atoms with Crippen LogP contribution in [0.2, 0.25) is 0 Å². The number of benzene rings is 1. The van der Waals surface area contributed by atoms with Crippen molar-refractivity contribution in [2.24, 2.45) is 0 Å². The van der Waals surface area contributed by atoms with Gasteiger partial charge in [0.15, 0.2) is 17.7 Å². The monoisotopic (exact) mass is 738 g/mol. The number of rotatable bonds is 8. The van der Waals surface area contributed by atoms with Crippen molar-refractivity contribution in [1.29, 1.82) is 5.26 Å². The minimum absolute atomic E-state index is 0.0344. The molecule has 1 fully saturated rings. The van der Waals surface area contributed by atoms with E-state index in [0.29, 0.717) is 40.3 Å². The molecule has 5 aromatic rings. The van der Waals surface area contributed by atoms with E-state index < -0.39 is 46.5 Å². The highest BCUT2D eigenvalue weighted by Crippen LogP contribution is 2.36. The molecule has 4 aromatic heterocycles. The molecule has 2 amide bonds. The summed E-state index contributed by atoms with van der Waals surface area (Å²) < 4.78 is 68.4. The molecule has 1 saturated heterocycles. The summed E-state index contributed by atoms with van der Waals surface area (Å²) in [6.45, 7) is 3.01. The highest BCUT2D eigenvalue weighted by Gasteiger charge is 2.37. The van der Waals surface area contributed by atoms with E-state index in [0.717, 1.165) is 36.1 Å². The first-order valence-corrected chi connectivity index (χ1v) is 17.0. The summed E-state index contributed by atoms with van der Waals surface area (Å²) >= 11 is 0.534. The van der Waals surface area contributed by atoms with Crippen LogP contribution in [0.1, 0.15) is 66.5 Å². The summed E-state index contributed by atoms with van der Waals surface area (Å²) in [4.78, 5) is 46.3. The van der Waals surface area contributed by atoms with Crippen molar-refractivity contribution in [3.63, 3.8) is 0 Å². The molecule has 14 nitrogen and oxygen atoms in total. The molecule has 1 atom stereocenters. The first-order valence-electron chi connectivity index (χ1n) is 16.3. The number of ether oxygens (including phenoxy) is 1. The van der Waals surface area contributed by atoms with Crippen molar-refractivity contribution in [2.75, 3.05) is 19.7 Å². The van der Waals surface area contributed by atoms with Crippen LogP contribution in [-0.2, 0) is 28.7 Å². The van der Waals surface area contributed by atoms with Gasteiger partial charge in [-0.2, -0.15) is 33.0 Å². The summed E-state index contributed by atoms with van der Waals surface area (Å²) in [6.07, 6.45) is -0.644. The van der Waals surface area contributed by atoms with Gasteiger partial charge < -0.3 is 15.0 Å². The SMILES string of the molecule is CC(C)(Cn1nc(C(F)(F)F)cc1-c1nsc(=O)[nH]1)NC(=O)CN1CCc2c(-c3nc4cnn(C5CCCCO5)c4cc3C#N)ccc(F)c2C1=O. The molecule has 0 aliphatic carbocycles. The number of nitrogens with one attached hydrogen (secondary N) is 2. The van der Waals surface area contributed by atoms with Crippen molar-refractivity contribution < 1.29 is 31.9 Å². The number of carbonyl (C=O) groups excluding carboxylic acids is 2. The molecular formula is C33H30F4N10O4S. The maximum Gasteiger partial charge on any atom is 0.435 e. The molecule has 2 aliphatic heterocycles. The van der Waals surface area contributed by atoms with E-state index in [-0.39, 0.29) is 54.1 Å². The van der Waals surface area contributed by atoms with Gasteiger partial charge in [0.25, 0.3) is 5.91 Å². The zero-order valence-electron chi connectivity index (χ0n) is 27.8. The average molecular weight is 739 g/mol. The number of fused-ring (bicyclic) bond motifs is 2. The molecule has 0 radical (unpaired) electrons. The first-order chi connectivity index (χ1) is 24.7. The Balaban J connectivity index is 1.10. The lowest BCUT2D eigenvalue weighted by atomic mass is 9.90. The number of carbonyl (C=O) groups is 2. The summed E-state index contributed by atoms with van der Waals surface area (Å²) in [5.74, 6) is -2.31. The molecule has 270 valence electrons. The van der Waals surface area contributed by atoms with Gasteiger partial charge in [0.2, 0.25) is 5.91 Å². The number of halogens is 4. The zero-order valence-corrected chi connectivity index (χ0v) is 28.6. The Morgan fingerprint density at radius 1 is 1.21 bits per heavy atom. The number of pyridine rings is 1. The Bertz CT molecular complexity index is 2310. The van der Waals surface area contributed by atoms with Gasteiger partial charge in [0.05, 0.1) is 47.2 Å². The van der Waals surface area contributed by atoms with E-state index in [1.165, 1.54) is 11.0 Å². The van der Waals surface area contributed by atoms with Crippen LogP contribution >= 0.6 is 11.5 Å². The topological polar surface area (TPSA) is 177 Å². The lowest BCUT2D eigenvalue weighted by Crippen LogP contribution is -2.52. The van der Waals surface area contributed by atoms with Crippen molar-refractivity contribution in [1.82, 2.24) is 44.1 Å². The molecule has 1 aromatic carbocycles. The van der Waals surface area contributed by atoms with E-state index in [4.69, 9.17) is 9.72 Å². The van der Waals surface area contributed by atoms with E-state index >= 15 is 4.39 Å². The number of nitrogens with zero attached hydrogens (tertiary/aromatic N) is 8. The van der Waals surface area contributed by atoms with Crippen LogP contribution in [0.4, 0.5) is 17.6 Å². The molecule has 52 heavy (non-hydrogen) atoms. The molecule has 7 rings (SSSR count). The minimum atomic E-state index is -4.78. The van der Waals surface area contributed by atoms with E-state index in [2.05, 4.69) is 30.9 Å². The number of hydrogen-bond donors (Lipinski definition) is 2. The number of aromatic nitrogens is 7. The second kappa shape index (κ2) is 13.2. The van der Waals surface area contributed by atoms with Crippen LogP contribution < -0.4 is 10.2 Å². The van der Waals surface area contributed by atoms with Crippen LogP contribution in [0.15, 0.2) is 35.3 Å². The van der Waals surface area contributed by atoms with Crippen molar-refractivity contribution in [3.05, 3.63) is 68.3 Å². The van der Waals surface area contributed by atoms with E-state index in [1.54, 1.807) is 30.8 Å². The fourth-order valence-corrected chi connectivity index (χ4v) is 7.07. The Morgan fingerprint density at radius 3 is 2.71 bits per heavy atom. The third-order valence-corrected chi connectivity index (χ3v) is 9.43. The minimum Gasteiger partial charge on any atom is -0.356 e. The van der Waals surface area contributed by atoms with Crippen molar-refractivity contribution in [2.45, 2.75) is 64.0 Å². The fraction of sp³-hybridized carbons (Fsp3) is 0.394. The molecule has 1 unspecified atom stereocenters. The molecular weight excluding hydrogens is 708 g/mol. The van der Waals surface area contributed by atoms with Gasteiger partial charge in [0, 0.05) is 30.2 Å². The van der Waals surface area contributed by atoms with Crippen molar-refractivity contribution >= 4 is 34.4 Å². The second-order valence-corrected chi connectivity index (χ2v) is 13.9. The number of nitriles is 1. The number of amides is 2. The standard InChI is InChI=1S/C33H30F4N10O4S/c1-32(2,16-46-23(29-41-31(50)52-44-29)12-24(43-46)33(35,36)37)42-25(48)15-45-9-8-18-19(6-7-20(34)27(18)30(45)49)28-17(13-38)11-22-21(40-28)14-39-47(22)26-5-3-4-10-51-26/h6-7,11-12,14,26H,3-5,8-10,15-16H2,1-2H3,(H,42,48)(H,41,44,50). The largest absolute Gasteiger partial charge is 0.435 e. The van der Waals surface area contributed by atoms with Gasteiger partial charge in [-0.3, -0.25) is 24.0 Å². The van der Waals surface area contributed by atoms with E-state index in [1.807, 2.05) is 0 Å². The highest BCUT2D eigenvalue weighted by molar-refractivity contribution is 7.03. The molecule has 2 N–H and O–H groups in total. The van der Waals surface area contributed by atoms with Crippen LogP contribution in [0.25, 0.3) is 33.8 Å². The fourth-order valence-electron chi connectivity index (χ4n) is 6.61. The summed E-state index contributed by atoms with van der Waals surface area (Å²) in [6, 6.07) is 7.18. The van der Waals surface area contributed by atoms with Gasteiger partial charge in [-0.25, -0.2) is 14.1 Å². The van der Waals surface area contributed by atoms with Gasteiger partial charge in [-0.15, -0.1) is 0 Å². The molecule has 0 bridgehead atoms. The predicted molar refractivity (Wildman–Crippen MR) is 177 cm³/mol. The second-order valence-electron chi connectivity index (χ2n) is 13.2. The van der Waals surface area contributed by atoms with Crippen LogP contribution in [-0.4, -0.2) is 75.9 Å². The Morgan fingerprint density at radius 2 is 2.02 bits per heavy atom. The van der Waals surface area contributed by atoms with Crippen LogP contribution in [0, 0.1) is 17.1 Å². The smallest absolute Gasteiger partial charge is 0.356 e. The van der Waals surface area contributed by atoms with Gasteiger partial charge in [-0.05, 0) is 69.4 Å². The van der Waals surface area contributed by atoms with Gasteiger partial charge in [0.1, 0.15) is 23.1 Å². The predicted octanol–water partition coefficient (Wildman–Crippen LogP) is 4.43. The maximum absolute atomic E-state index is 15.4. The number of aromatic amines is 1. The summed E-state index contributed by atoms with van der Waals surface area (Å²) in [7, 11) is 0. The van der Waals surface area contributed by atoms with Crippen molar-refractivity contribution in [3.8, 4) is 28.8 Å². The maximum atomic E-state index is 15.4. The third kappa shape index (κ3) is 6.66. The van der Waals surface area contributed by atoms with Gasteiger partial charge >= 0.3 is 11.0 Å². The third-order valence-electron chi connectivity index (χ3n) is 8.89. The Hall–Kier alpha value is -5.48. The highest BCUT2D eigenvalue weighted by atomic mass is 32.1. The van der Waals surface area contributed by atoms with Gasteiger partial charge in [-0.1, -0.05) is 0 Å². The number of hydrogen-bond acceptors (Lipinski definition) is 10.